The molecule has 0 aromatic heterocycles. The van der Waals surface area contributed by atoms with E-state index in [1.165, 1.54) is 0 Å². The van der Waals surface area contributed by atoms with Crippen LogP contribution in [0.3, 0.4) is 0 Å². The van der Waals surface area contributed by atoms with E-state index < -0.39 is 0 Å². The van der Waals surface area contributed by atoms with E-state index in [0.29, 0.717) is 41.0 Å². The number of ether oxygens (including phenoxy) is 2. The smallest absolute Gasteiger partial charge is 0.255 e. The molecule has 0 bridgehead atoms. The highest BCUT2D eigenvalue weighted by atomic mass is 79.9. The van der Waals surface area contributed by atoms with E-state index in [4.69, 9.17) is 21.1 Å². The van der Waals surface area contributed by atoms with Gasteiger partial charge >= 0.3 is 0 Å². The van der Waals surface area contributed by atoms with Crippen LogP contribution in [0.1, 0.15) is 22.8 Å². The van der Waals surface area contributed by atoms with Crippen LogP contribution in [0.2, 0.25) is 5.02 Å². The first-order chi connectivity index (χ1) is 13.6. The maximum atomic E-state index is 12.7. The summed E-state index contributed by atoms with van der Waals surface area (Å²) in [6.45, 7) is 2.64. The quantitative estimate of drug-likeness (QED) is 0.448. The van der Waals surface area contributed by atoms with Crippen molar-refractivity contribution in [2.75, 3.05) is 11.9 Å². The molecular weight excluding hydrogens is 442 g/mol. The average molecular weight is 461 g/mol. The largest absolute Gasteiger partial charge is 0.488 e. The van der Waals surface area contributed by atoms with Gasteiger partial charge in [0.25, 0.3) is 5.91 Å². The summed E-state index contributed by atoms with van der Waals surface area (Å²) < 4.78 is 12.4. The summed E-state index contributed by atoms with van der Waals surface area (Å²) in [6, 6.07) is 20.3. The molecule has 0 saturated carbocycles. The Morgan fingerprint density at radius 2 is 1.82 bits per heavy atom. The van der Waals surface area contributed by atoms with Gasteiger partial charge in [0.15, 0.2) is 11.5 Å². The van der Waals surface area contributed by atoms with Gasteiger partial charge in [-0.3, -0.25) is 4.79 Å². The van der Waals surface area contributed by atoms with E-state index in [1.54, 1.807) is 12.1 Å². The molecule has 0 spiro atoms. The minimum absolute atomic E-state index is 0.285. The molecule has 144 valence electrons. The Morgan fingerprint density at radius 1 is 1.04 bits per heavy atom. The van der Waals surface area contributed by atoms with Crippen molar-refractivity contribution in [1.82, 2.24) is 0 Å². The Hall–Kier alpha value is -2.50. The van der Waals surface area contributed by atoms with Crippen LogP contribution in [0.5, 0.6) is 11.5 Å². The molecule has 1 N–H and O–H groups in total. The van der Waals surface area contributed by atoms with Crippen molar-refractivity contribution < 1.29 is 14.3 Å². The second-order valence-electron chi connectivity index (χ2n) is 5.96. The third-order valence-corrected chi connectivity index (χ3v) is 4.65. The van der Waals surface area contributed by atoms with Crippen LogP contribution in [0.4, 0.5) is 5.69 Å². The fourth-order valence-electron chi connectivity index (χ4n) is 2.60. The predicted octanol–water partition coefficient (Wildman–Crippen LogP) is 6.33. The fraction of sp³-hybridized carbons (Fsp3) is 0.136. The van der Waals surface area contributed by atoms with Crippen LogP contribution in [-0.2, 0) is 6.61 Å². The summed E-state index contributed by atoms with van der Waals surface area (Å²) in [7, 11) is 0. The molecule has 0 atom stereocenters. The van der Waals surface area contributed by atoms with Crippen LogP contribution in [0.15, 0.2) is 71.2 Å². The second kappa shape index (κ2) is 9.62. The zero-order valence-electron chi connectivity index (χ0n) is 15.2. The lowest BCUT2D eigenvalue weighted by atomic mass is 10.1. The van der Waals surface area contributed by atoms with Crippen molar-refractivity contribution in [3.63, 3.8) is 0 Å². The number of carbonyl (C=O) groups excluding carboxylic acids is 1. The van der Waals surface area contributed by atoms with E-state index in [9.17, 15) is 4.79 Å². The second-order valence-corrected chi connectivity index (χ2v) is 7.28. The third-order valence-electron chi connectivity index (χ3n) is 3.88. The van der Waals surface area contributed by atoms with Crippen LogP contribution in [0.25, 0.3) is 0 Å². The first-order valence-corrected chi connectivity index (χ1v) is 9.94. The molecule has 3 aromatic carbocycles. The number of carbonyl (C=O) groups is 1. The van der Waals surface area contributed by atoms with Gasteiger partial charge in [0.2, 0.25) is 0 Å². The number of hydrogen-bond donors (Lipinski definition) is 1. The molecule has 3 aromatic rings. The molecule has 6 heteroatoms. The highest BCUT2D eigenvalue weighted by Crippen LogP contribution is 2.37. The maximum Gasteiger partial charge on any atom is 0.255 e. The summed E-state index contributed by atoms with van der Waals surface area (Å²) >= 11 is 9.77. The van der Waals surface area contributed by atoms with E-state index in [0.717, 1.165) is 10.0 Å². The van der Waals surface area contributed by atoms with Crippen molar-refractivity contribution in [3.8, 4) is 11.5 Å². The number of benzene rings is 3. The van der Waals surface area contributed by atoms with Crippen molar-refractivity contribution in [2.24, 2.45) is 0 Å². The molecule has 3 rings (SSSR count). The Balaban J connectivity index is 1.85. The lowest BCUT2D eigenvalue weighted by molar-refractivity contribution is 0.102. The molecule has 1 amide bonds. The van der Waals surface area contributed by atoms with Gasteiger partial charge in [-0.25, -0.2) is 0 Å². The molecule has 0 saturated heterocycles. The zero-order chi connectivity index (χ0) is 19.9. The summed E-state index contributed by atoms with van der Waals surface area (Å²) in [6.07, 6.45) is 0. The lowest BCUT2D eigenvalue weighted by Crippen LogP contribution is -2.12. The number of anilines is 1. The Kier molecular flexibility index (Phi) is 6.95. The third kappa shape index (κ3) is 5.27. The number of nitrogens with one attached hydrogen (secondary N) is 1. The number of halogens is 2. The molecule has 4 nitrogen and oxygen atoms in total. The highest BCUT2D eigenvalue weighted by molar-refractivity contribution is 9.10. The minimum atomic E-state index is -0.285. The molecule has 0 unspecified atom stereocenters. The summed E-state index contributed by atoms with van der Waals surface area (Å²) in [5.74, 6) is 0.573. The molecule has 0 heterocycles. The van der Waals surface area contributed by atoms with E-state index >= 15 is 0 Å². The number of hydrogen-bond acceptors (Lipinski definition) is 3. The van der Waals surface area contributed by atoms with Gasteiger partial charge in [-0.05, 0) is 42.8 Å². The maximum absolute atomic E-state index is 12.7. The Morgan fingerprint density at radius 3 is 2.54 bits per heavy atom. The first kappa shape index (κ1) is 20.2. The molecule has 0 aliphatic rings. The predicted molar refractivity (Wildman–Crippen MR) is 115 cm³/mol. The van der Waals surface area contributed by atoms with Crippen LogP contribution in [-0.4, -0.2) is 12.5 Å². The molecular formula is C22H19BrClNO3. The lowest BCUT2D eigenvalue weighted by Gasteiger charge is -2.15. The Bertz CT molecular complexity index is 963. The van der Waals surface area contributed by atoms with E-state index in [1.807, 2.05) is 61.5 Å². The molecule has 0 radical (unpaired) electrons. The summed E-state index contributed by atoms with van der Waals surface area (Å²) in [5.41, 5.74) is 2.07. The normalized spacial score (nSPS) is 10.4. The van der Waals surface area contributed by atoms with Gasteiger partial charge < -0.3 is 14.8 Å². The van der Waals surface area contributed by atoms with Gasteiger partial charge in [0.1, 0.15) is 6.61 Å². The van der Waals surface area contributed by atoms with Gasteiger partial charge in [0, 0.05) is 15.7 Å². The minimum Gasteiger partial charge on any atom is -0.488 e. The van der Waals surface area contributed by atoms with Gasteiger partial charge in [-0.1, -0.05) is 63.9 Å². The van der Waals surface area contributed by atoms with Crippen molar-refractivity contribution in [3.05, 3.63) is 87.4 Å². The van der Waals surface area contributed by atoms with Gasteiger partial charge in [-0.2, -0.15) is 0 Å². The topological polar surface area (TPSA) is 47.6 Å². The number of amides is 1. The monoisotopic (exact) mass is 459 g/mol. The molecule has 28 heavy (non-hydrogen) atoms. The highest BCUT2D eigenvalue weighted by Gasteiger charge is 2.17. The summed E-state index contributed by atoms with van der Waals surface area (Å²) in [4.78, 5) is 12.7. The van der Waals surface area contributed by atoms with E-state index in [-0.39, 0.29) is 5.91 Å². The van der Waals surface area contributed by atoms with Crippen LogP contribution >= 0.6 is 27.5 Å². The zero-order valence-corrected chi connectivity index (χ0v) is 17.6. The van der Waals surface area contributed by atoms with Crippen molar-refractivity contribution in [1.29, 1.82) is 0 Å². The van der Waals surface area contributed by atoms with Gasteiger partial charge in [0.05, 0.1) is 11.6 Å². The molecule has 0 aliphatic heterocycles. The van der Waals surface area contributed by atoms with Gasteiger partial charge in [-0.15, -0.1) is 0 Å². The van der Waals surface area contributed by atoms with Crippen LogP contribution in [0, 0.1) is 0 Å². The molecule has 0 aliphatic carbocycles. The number of rotatable bonds is 7. The fourth-order valence-corrected chi connectivity index (χ4v) is 3.26. The van der Waals surface area contributed by atoms with Crippen molar-refractivity contribution in [2.45, 2.75) is 13.5 Å². The summed E-state index contributed by atoms with van der Waals surface area (Å²) in [5, 5.41) is 3.18. The SMILES string of the molecule is CCOc1c(Cl)cc(C(=O)Nc2cccc(Br)c2)cc1OCc1ccccc1. The van der Waals surface area contributed by atoms with Crippen LogP contribution < -0.4 is 14.8 Å². The van der Waals surface area contributed by atoms with Crippen molar-refractivity contribution >= 4 is 39.1 Å². The average Bonchev–Trinajstić information content (AvgIpc) is 2.69. The Labute approximate surface area is 177 Å². The molecule has 0 fully saturated rings. The first-order valence-electron chi connectivity index (χ1n) is 8.77. The standard InChI is InChI=1S/C22H19BrClNO3/c1-2-27-21-19(24)11-16(22(26)25-18-10-6-9-17(23)13-18)12-20(21)28-14-15-7-4-3-5-8-15/h3-13H,2,14H2,1H3,(H,25,26). The van der Waals surface area contributed by atoms with E-state index in [2.05, 4.69) is 21.2 Å².